The first-order valence-corrected chi connectivity index (χ1v) is 13.6. The molecular formula is C38H24N2O2. The molecule has 0 amide bonds. The minimum absolute atomic E-state index is 0.377. The van der Waals surface area contributed by atoms with E-state index in [9.17, 15) is 10.5 Å². The second-order valence-corrected chi connectivity index (χ2v) is 10.3. The Labute approximate surface area is 243 Å². The average Bonchev–Trinajstić information content (AvgIpc) is 3.04. The lowest BCUT2D eigenvalue weighted by Gasteiger charge is -2.20. The smallest absolute Gasteiger partial charge is 0.161 e. The summed E-state index contributed by atoms with van der Waals surface area (Å²) in [6.45, 7) is 0. The van der Waals surface area contributed by atoms with Crippen LogP contribution in [0.4, 0.5) is 0 Å². The number of rotatable bonds is 4. The van der Waals surface area contributed by atoms with E-state index in [0.29, 0.717) is 22.6 Å². The topological polar surface area (TPSA) is 66.0 Å². The Morgan fingerprint density at radius 2 is 0.786 bits per heavy atom. The summed E-state index contributed by atoms with van der Waals surface area (Å²) < 4.78 is 11.3. The van der Waals surface area contributed by atoms with Gasteiger partial charge in [-0.2, -0.15) is 10.5 Å². The number of nitrogens with zero attached hydrogens (tertiary/aromatic N) is 2. The molecule has 0 radical (unpaired) electrons. The van der Waals surface area contributed by atoms with Crippen LogP contribution in [-0.4, -0.2) is 14.2 Å². The van der Waals surface area contributed by atoms with E-state index in [2.05, 4.69) is 84.9 Å². The van der Waals surface area contributed by atoms with E-state index in [1.807, 2.05) is 36.4 Å². The van der Waals surface area contributed by atoms with Crippen LogP contribution in [0.5, 0.6) is 11.5 Å². The monoisotopic (exact) mass is 540 g/mol. The SMILES string of the molecule is COc1cc2cc3c(-c4ccccc4)c4cc5cc(C#N)c(C#N)cc5cc4c(-c4ccccc4)c3cc2cc1OC. The highest BCUT2D eigenvalue weighted by molar-refractivity contribution is 6.25. The minimum Gasteiger partial charge on any atom is -0.493 e. The zero-order valence-corrected chi connectivity index (χ0v) is 23.1. The van der Waals surface area contributed by atoms with Crippen LogP contribution < -0.4 is 9.47 Å². The number of ether oxygens (including phenoxy) is 2. The van der Waals surface area contributed by atoms with Gasteiger partial charge >= 0.3 is 0 Å². The molecule has 0 bridgehead atoms. The second kappa shape index (κ2) is 9.97. The van der Waals surface area contributed by atoms with E-state index in [1.165, 1.54) is 0 Å². The fraction of sp³-hybridized carbons (Fsp3) is 0.0526. The molecule has 0 heterocycles. The molecule has 4 heteroatoms. The van der Waals surface area contributed by atoms with Gasteiger partial charge in [0.1, 0.15) is 12.1 Å². The largest absolute Gasteiger partial charge is 0.493 e. The van der Waals surface area contributed by atoms with Crippen molar-refractivity contribution in [1.29, 1.82) is 10.5 Å². The summed E-state index contributed by atoms with van der Waals surface area (Å²) in [7, 11) is 3.30. The summed E-state index contributed by atoms with van der Waals surface area (Å²) in [5.74, 6) is 1.36. The Hall–Kier alpha value is -5.84. The molecule has 0 aliphatic rings. The Bertz CT molecular complexity index is 2110. The molecule has 0 aliphatic heterocycles. The molecular weight excluding hydrogens is 516 g/mol. The van der Waals surface area contributed by atoms with Crippen molar-refractivity contribution in [3.63, 3.8) is 0 Å². The predicted molar refractivity (Wildman–Crippen MR) is 170 cm³/mol. The number of hydrogen-bond acceptors (Lipinski definition) is 4. The maximum Gasteiger partial charge on any atom is 0.161 e. The molecule has 4 nitrogen and oxygen atoms in total. The zero-order chi connectivity index (χ0) is 28.8. The number of hydrogen-bond donors (Lipinski definition) is 0. The third-order valence-electron chi connectivity index (χ3n) is 8.04. The summed E-state index contributed by atoms with van der Waals surface area (Å²) in [4.78, 5) is 0. The van der Waals surface area contributed by atoms with Crippen LogP contribution >= 0.6 is 0 Å². The molecule has 0 unspecified atom stereocenters. The van der Waals surface area contributed by atoms with E-state index in [4.69, 9.17) is 9.47 Å². The molecule has 0 aliphatic carbocycles. The minimum atomic E-state index is 0.377. The van der Waals surface area contributed by atoms with Gasteiger partial charge in [0, 0.05) is 0 Å². The van der Waals surface area contributed by atoms with Crippen molar-refractivity contribution in [2.45, 2.75) is 0 Å². The lowest BCUT2D eigenvalue weighted by Crippen LogP contribution is -1.94. The van der Waals surface area contributed by atoms with Crippen molar-refractivity contribution >= 4 is 43.1 Å². The van der Waals surface area contributed by atoms with Gasteiger partial charge in [0.05, 0.1) is 25.3 Å². The second-order valence-electron chi connectivity index (χ2n) is 10.3. The van der Waals surface area contributed by atoms with Gasteiger partial charge in [-0.05, 0) is 114 Å². The molecule has 0 spiro atoms. The highest BCUT2D eigenvalue weighted by Crippen LogP contribution is 2.47. The molecule has 0 saturated heterocycles. The van der Waals surface area contributed by atoms with Gasteiger partial charge in [-0.1, -0.05) is 60.7 Å². The Morgan fingerprint density at radius 1 is 0.452 bits per heavy atom. The summed E-state index contributed by atoms with van der Waals surface area (Å²) in [6, 6.07) is 41.7. The number of methoxy groups -OCH3 is 2. The van der Waals surface area contributed by atoms with E-state index < -0.39 is 0 Å². The Balaban J connectivity index is 1.75. The van der Waals surface area contributed by atoms with Crippen molar-refractivity contribution in [2.24, 2.45) is 0 Å². The van der Waals surface area contributed by atoms with Crippen LogP contribution in [0.1, 0.15) is 11.1 Å². The van der Waals surface area contributed by atoms with E-state index in [-0.39, 0.29) is 0 Å². The van der Waals surface area contributed by atoms with E-state index >= 15 is 0 Å². The molecule has 7 aromatic rings. The highest BCUT2D eigenvalue weighted by atomic mass is 16.5. The van der Waals surface area contributed by atoms with Crippen molar-refractivity contribution in [1.82, 2.24) is 0 Å². The van der Waals surface area contributed by atoms with Gasteiger partial charge in [-0.15, -0.1) is 0 Å². The van der Waals surface area contributed by atoms with Crippen LogP contribution in [0.2, 0.25) is 0 Å². The van der Waals surface area contributed by atoms with Gasteiger partial charge in [0.25, 0.3) is 0 Å². The third kappa shape index (κ3) is 3.90. The maximum absolute atomic E-state index is 9.75. The number of fused-ring (bicyclic) bond motifs is 4. The molecule has 0 N–H and O–H groups in total. The van der Waals surface area contributed by atoms with Crippen molar-refractivity contribution in [2.75, 3.05) is 14.2 Å². The van der Waals surface area contributed by atoms with E-state index in [1.54, 1.807) is 14.2 Å². The van der Waals surface area contributed by atoms with Gasteiger partial charge in [-0.25, -0.2) is 0 Å². The van der Waals surface area contributed by atoms with Crippen molar-refractivity contribution < 1.29 is 9.47 Å². The van der Waals surface area contributed by atoms with Gasteiger partial charge in [-0.3, -0.25) is 0 Å². The molecule has 0 aromatic heterocycles. The summed E-state index contributed by atoms with van der Waals surface area (Å²) in [5, 5.41) is 27.8. The van der Waals surface area contributed by atoms with E-state index in [0.717, 1.165) is 65.3 Å². The van der Waals surface area contributed by atoms with Crippen LogP contribution in [-0.2, 0) is 0 Å². The third-order valence-corrected chi connectivity index (χ3v) is 8.04. The number of benzene rings is 7. The van der Waals surface area contributed by atoms with Crippen molar-refractivity contribution in [3.05, 3.63) is 120 Å². The molecule has 0 atom stereocenters. The fourth-order valence-corrected chi connectivity index (χ4v) is 6.11. The molecule has 198 valence electrons. The summed E-state index contributed by atoms with van der Waals surface area (Å²) in [6.07, 6.45) is 0. The molecule has 7 rings (SSSR count). The maximum atomic E-state index is 9.75. The van der Waals surface area contributed by atoms with Gasteiger partial charge in [0.2, 0.25) is 0 Å². The molecule has 42 heavy (non-hydrogen) atoms. The average molecular weight is 541 g/mol. The predicted octanol–water partition coefficient (Wildman–Crippen LogP) is 9.39. The lowest BCUT2D eigenvalue weighted by atomic mass is 9.83. The fourth-order valence-electron chi connectivity index (χ4n) is 6.11. The number of nitriles is 2. The van der Waals surface area contributed by atoms with Crippen LogP contribution in [0.3, 0.4) is 0 Å². The van der Waals surface area contributed by atoms with Gasteiger partial charge in [0.15, 0.2) is 11.5 Å². The normalized spacial score (nSPS) is 11.0. The lowest BCUT2D eigenvalue weighted by molar-refractivity contribution is 0.356. The Kier molecular flexibility index (Phi) is 5.97. The van der Waals surface area contributed by atoms with Crippen LogP contribution in [0, 0.1) is 22.7 Å². The molecule has 0 fully saturated rings. The first kappa shape index (κ1) is 25.1. The standard InChI is InChI=1S/C38H24N2O2/c1-41-35-19-27-17-33-34(18-28(27)20-36(35)42-2)38(24-11-7-4-8-12-24)32-16-26-14-30(22-40)29(21-39)13-25(26)15-31(32)37(33)23-9-5-3-6-10-23/h3-20H,1-2H3. The zero-order valence-electron chi connectivity index (χ0n) is 23.1. The highest BCUT2D eigenvalue weighted by Gasteiger charge is 2.20. The first-order valence-electron chi connectivity index (χ1n) is 13.6. The Morgan fingerprint density at radius 3 is 1.10 bits per heavy atom. The molecule has 7 aromatic carbocycles. The summed E-state index contributed by atoms with van der Waals surface area (Å²) >= 11 is 0. The van der Waals surface area contributed by atoms with Crippen LogP contribution in [0.15, 0.2) is 109 Å². The van der Waals surface area contributed by atoms with Crippen molar-refractivity contribution in [3.8, 4) is 45.9 Å². The van der Waals surface area contributed by atoms with Gasteiger partial charge < -0.3 is 9.47 Å². The summed E-state index contributed by atoms with van der Waals surface area (Å²) in [5.41, 5.74) is 5.17. The molecule has 0 saturated carbocycles. The first-order chi connectivity index (χ1) is 20.6. The quantitative estimate of drug-likeness (QED) is 0.209. The van der Waals surface area contributed by atoms with Crippen LogP contribution in [0.25, 0.3) is 65.3 Å².